The average Bonchev–Trinajstić information content (AvgIpc) is 2.80. The van der Waals surface area contributed by atoms with E-state index in [1.165, 1.54) is 12.0 Å². The number of hydrogen-bond acceptors (Lipinski definition) is 4. The molecule has 7 heteroatoms. The Labute approximate surface area is 124 Å². The number of aliphatic hydroxyl groups excluding tert-OH is 1. The fourth-order valence-electron chi connectivity index (χ4n) is 2.27. The molecule has 108 valence electrons. The van der Waals surface area contributed by atoms with E-state index >= 15 is 0 Å². The maximum Gasteiger partial charge on any atom is 0.326 e. The molecule has 6 nitrogen and oxygen atoms in total. The lowest BCUT2D eigenvalue weighted by Crippen LogP contribution is -2.40. The number of amides is 1. The average molecular weight is 344 g/mol. The summed E-state index contributed by atoms with van der Waals surface area (Å²) < 4.78 is 5.89. The summed E-state index contributed by atoms with van der Waals surface area (Å²) in [6, 6.07) is 3.87. The molecule has 1 heterocycles. The summed E-state index contributed by atoms with van der Waals surface area (Å²) in [6.45, 7) is 0.00895. The van der Waals surface area contributed by atoms with E-state index in [9.17, 15) is 14.7 Å². The Kier molecular flexibility index (Phi) is 4.29. The maximum atomic E-state index is 12.5. The Morgan fingerprint density at radius 1 is 1.45 bits per heavy atom. The van der Waals surface area contributed by atoms with E-state index in [1.807, 2.05) is 0 Å². The van der Waals surface area contributed by atoms with Crippen molar-refractivity contribution in [2.24, 2.45) is 0 Å². The molecule has 2 rings (SSSR count). The van der Waals surface area contributed by atoms with E-state index in [4.69, 9.17) is 9.84 Å². The highest BCUT2D eigenvalue weighted by molar-refractivity contribution is 9.10. The van der Waals surface area contributed by atoms with Gasteiger partial charge >= 0.3 is 5.97 Å². The number of rotatable bonds is 3. The number of aliphatic hydroxyl groups is 1. The molecule has 1 aromatic carbocycles. The van der Waals surface area contributed by atoms with Gasteiger partial charge in [-0.2, -0.15) is 0 Å². The van der Waals surface area contributed by atoms with Gasteiger partial charge in [0.1, 0.15) is 11.8 Å². The minimum Gasteiger partial charge on any atom is -0.496 e. The van der Waals surface area contributed by atoms with Crippen LogP contribution in [0.1, 0.15) is 16.8 Å². The molecule has 1 saturated heterocycles. The second kappa shape index (κ2) is 5.80. The van der Waals surface area contributed by atoms with Crippen LogP contribution >= 0.6 is 15.9 Å². The zero-order valence-electron chi connectivity index (χ0n) is 10.7. The molecule has 0 unspecified atom stereocenters. The number of carboxylic acids is 1. The van der Waals surface area contributed by atoms with E-state index in [0.717, 1.165) is 4.47 Å². The second-order valence-electron chi connectivity index (χ2n) is 4.55. The largest absolute Gasteiger partial charge is 0.496 e. The van der Waals surface area contributed by atoms with Crippen molar-refractivity contribution in [1.29, 1.82) is 0 Å². The number of carbonyl (C=O) groups excluding carboxylic acids is 1. The number of carboxylic acid groups (broad SMARTS) is 1. The smallest absolute Gasteiger partial charge is 0.326 e. The molecule has 1 fully saturated rings. The molecule has 20 heavy (non-hydrogen) atoms. The van der Waals surface area contributed by atoms with Crippen LogP contribution in [0.2, 0.25) is 0 Å². The summed E-state index contributed by atoms with van der Waals surface area (Å²) in [7, 11) is 1.44. The number of halogens is 1. The number of carbonyl (C=O) groups is 2. The number of β-amino-alcohol motifs (C(OH)–C–C–N with tert-alkyl or cyclic N) is 1. The van der Waals surface area contributed by atoms with E-state index in [2.05, 4.69) is 15.9 Å². The minimum atomic E-state index is -1.12. The third-order valence-electron chi connectivity index (χ3n) is 3.22. The lowest BCUT2D eigenvalue weighted by Gasteiger charge is -2.22. The molecule has 0 spiro atoms. The van der Waals surface area contributed by atoms with E-state index in [1.54, 1.807) is 18.2 Å². The predicted molar refractivity (Wildman–Crippen MR) is 73.8 cm³/mol. The second-order valence-corrected chi connectivity index (χ2v) is 5.46. The van der Waals surface area contributed by atoms with Gasteiger partial charge in [-0.25, -0.2) is 4.79 Å². The minimum absolute atomic E-state index is 0.00895. The van der Waals surface area contributed by atoms with Crippen molar-refractivity contribution in [3.63, 3.8) is 0 Å². The van der Waals surface area contributed by atoms with Gasteiger partial charge in [0, 0.05) is 17.4 Å². The molecule has 0 radical (unpaired) electrons. The Bertz CT molecular complexity index is 548. The number of hydrogen-bond donors (Lipinski definition) is 2. The molecule has 2 atom stereocenters. The quantitative estimate of drug-likeness (QED) is 0.858. The Balaban J connectivity index is 2.33. The summed E-state index contributed by atoms with van der Waals surface area (Å²) in [5, 5.41) is 18.7. The highest BCUT2D eigenvalue weighted by atomic mass is 79.9. The summed E-state index contributed by atoms with van der Waals surface area (Å²) in [6.07, 6.45) is -0.776. The number of likely N-dealkylation sites (tertiary alicyclic amines) is 1. The first-order valence-corrected chi connectivity index (χ1v) is 6.78. The third kappa shape index (κ3) is 2.78. The zero-order chi connectivity index (χ0) is 14.9. The van der Waals surface area contributed by atoms with Crippen LogP contribution in [-0.2, 0) is 4.79 Å². The van der Waals surface area contributed by atoms with Crippen LogP contribution in [-0.4, -0.2) is 52.8 Å². The van der Waals surface area contributed by atoms with Gasteiger partial charge in [0.05, 0.1) is 18.8 Å². The normalized spacial score (nSPS) is 21.9. The fourth-order valence-corrected chi connectivity index (χ4v) is 2.61. The van der Waals surface area contributed by atoms with Crippen molar-refractivity contribution in [3.05, 3.63) is 28.2 Å². The van der Waals surface area contributed by atoms with Gasteiger partial charge in [-0.15, -0.1) is 0 Å². The van der Waals surface area contributed by atoms with Crippen LogP contribution in [0.4, 0.5) is 0 Å². The molecule has 0 aromatic heterocycles. The van der Waals surface area contributed by atoms with E-state index in [0.29, 0.717) is 5.75 Å². The van der Waals surface area contributed by atoms with Crippen molar-refractivity contribution in [2.75, 3.05) is 13.7 Å². The summed E-state index contributed by atoms with van der Waals surface area (Å²) >= 11 is 3.28. The molecule has 2 N–H and O–H groups in total. The first kappa shape index (κ1) is 14.8. The first-order chi connectivity index (χ1) is 9.43. The number of benzene rings is 1. The first-order valence-electron chi connectivity index (χ1n) is 5.99. The van der Waals surface area contributed by atoms with Crippen LogP contribution in [0.15, 0.2) is 22.7 Å². The lowest BCUT2D eigenvalue weighted by atomic mass is 10.1. The van der Waals surface area contributed by atoms with Crippen LogP contribution in [0.5, 0.6) is 5.75 Å². The summed E-state index contributed by atoms with van der Waals surface area (Å²) in [5.41, 5.74) is 0.274. The van der Waals surface area contributed by atoms with Gasteiger partial charge in [-0.3, -0.25) is 4.79 Å². The van der Waals surface area contributed by atoms with E-state index in [-0.39, 0.29) is 18.5 Å². The van der Waals surface area contributed by atoms with E-state index < -0.39 is 24.0 Å². The molecular weight excluding hydrogens is 330 g/mol. The van der Waals surface area contributed by atoms with Gasteiger partial charge < -0.3 is 19.8 Å². The number of aliphatic carboxylic acids is 1. The highest BCUT2D eigenvalue weighted by Gasteiger charge is 2.39. The standard InChI is InChI=1S/C13H14BrNO5/c1-20-11-4-7(14)2-3-9(11)12(17)15-6-8(16)5-10(15)13(18)19/h2-4,8,10,16H,5-6H2,1H3,(H,18,19)/t8-,10+/m1/s1. The topological polar surface area (TPSA) is 87.1 Å². The number of methoxy groups -OCH3 is 1. The monoisotopic (exact) mass is 343 g/mol. The number of nitrogens with zero attached hydrogens (tertiary/aromatic N) is 1. The van der Waals surface area contributed by atoms with Crippen molar-refractivity contribution in [1.82, 2.24) is 4.90 Å². The van der Waals surface area contributed by atoms with Gasteiger partial charge in [0.15, 0.2) is 0 Å². The fraction of sp³-hybridized carbons (Fsp3) is 0.385. The summed E-state index contributed by atoms with van der Waals surface area (Å²) in [5.74, 6) is -1.22. The van der Waals surface area contributed by atoms with Crippen LogP contribution < -0.4 is 4.74 Å². The van der Waals surface area contributed by atoms with Crippen molar-refractivity contribution in [3.8, 4) is 5.75 Å². The van der Waals surface area contributed by atoms with Gasteiger partial charge in [-0.05, 0) is 18.2 Å². The highest BCUT2D eigenvalue weighted by Crippen LogP contribution is 2.28. The Morgan fingerprint density at radius 2 is 2.15 bits per heavy atom. The van der Waals surface area contributed by atoms with Crippen molar-refractivity contribution < 1.29 is 24.5 Å². The molecule has 0 aliphatic carbocycles. The van der Waals surface area contributed by atoms with Crippen LogP contribution in [0.25, 0.3) is 0 Å². The molecule has 0 saturated carbocycles. The molecule has 0 bridgehead atoms. The molecule has 1 aliphatic rings. The lowest BCUT2D eigenvalue weighted by molar-refractivity contribution is -0.141. The predicted octanol–water partition coefficient (Wildman–Crippen LogP) is 1.12. The van der Waals surface area contributed by atoms with Crippen LogP contribution in [0.3, 0.4) is 0 Å². The van der Waals surface area contributed by atoms with Crippen LogP contribution in [0, 0.1) is 0 Å². The van der Waals surface area contributed by atoms with Crippen molar-refractivity contribution >= 4 is 27.8 Å². The van der Waals surface area contributed by atoms with Gasteiger partial charge in [0.25, 0.3) is 5.91 Å². The number of ether oxygens (including phenoxy) is 1. The zero-order valence-corrected chi connectivity index (χ0v) is 12.3. The SMILES string of the molecule is COc1cc(Br)ccc1C(=O)N1C[C@H](O)C[C@H]1C(=O)O. The van der Waals surface area contributed by atoms with Gasteiger partial charge in [-0.1, -0.05) is 15.9 Å². The molecular formula is C13H14BrNO5. The molecule has 1 aromatic rings. The Morgan fingerprint density at radius 3 is 2.75 bits per heavy atom. The summed E-state index contributed by atoms with van der Waals surface area (Å²) in [4.78, 5) is 24.8. The maximum absolute atomic E-state index is 12.5. The van der Waals surface area contributed by atoms with Gasteiger partial charge in [0.2, 0.25) is 0 Å². The third-order valence-corrected chi connectivity index (χ3v) is 3.71. The van der Waals surface area contributed by atoms with Crippen molar-refractivity contribution in [2.45, 2.75) is 18.6 Å². The molecule has 1 aliphatic heterocycles. The Hall–Kier alpha value is -1.60. The molecule has 1 amide bonds.